The predicted molar refractivity (Wildman–Crippen MR) is 68.5 cm³/mol. The largest absolute Gasteiger partial charge is 0.396 e. The van der Waals surface area contributed by atoms with Crippen LogP contribution in [0.15, 0.2) is 26.4 Å². The van der Waals surface area contributed by atoms with Gasteiger partial charge in [-0.2, -0.15) is 0 Å². The molecular weight excluding hydrogens is 280 g/mol. The summed E-state index contributed by atoms with van der Waals surface area (Å²) in [6, 6.07) is 4.24. The van der Waals surface area contributed by atoms with Gasteiger partial charge in [0, 0.05) is 20.9 Å². The van der Waals surface area contributed by atoms with Crippen LogP contribution in [0.5, 0.6) is 0 Å². The van der Waals surface area contributed by atoms with Crippen LogP contribution in [-0.4, -0.2) is 24.2 Å². The van der Waals surface area contributed by atoms with E-state index in [4.69, 9.17) is 5.11 Å². The van der Waals surface area contributed by atoms with E-state index in [0.29, 0.717) is 0 Å². The molecule has 0 aliphatic heterocycles. The first kappa shape index (κ1) is 12.4. The highest BCUT2D eigenvalue weighted by Gasteiger charge is 2.07. The van der Waals surface area contributed by atoms with E-state index in [0.717, 1.165) is 10.9 Å². The Morgan fingerprint density at radius 3 is 2.50 bits per heavy atom. The second-order valence-electron chi connectivity index (χ2n) is 2.79. The second-order valence-corrected chi connectivity index (χ2v) is 5.31. The number of halogens is 1. The molecule has 0 saturated carbocycles. The summed E-state index contributed by atoms with van der Waals surface area (Å²) >= 11 is 7.04. The lowest BCUT2D eigenvalue weighted by atomic mass is 10.2. The van der Waals surface area contributed by atoms with Gasteiger partial charge in [-0.3, -0.25) is 0 Å². The van der Waals surface area contributed by atoms with E-state index in [1.807, 2.05) is 0 Å². The molecule has 78 valence electrons. The zero-order chi connectivity index (χ0) is 10.6. The van der Waals surface area contributed by atoms with E-state index >= 15 is 0 Å². The molecule has 0 heterocycles. The molecule has 0 radical (unpaired) electrons. The van der Waals surface area contributed by atoms with Crippen LogP contribution in [0.4, 0.5) is 0 Å². The van der Waals surface area contributed by atoms with E-state index in [9.17, 15) is 0 Å². The summed E-state index contributed by atoms with van der Waals surface area (Å²) < 4.78 is 1.13. The van der Waals surface area contributed by atoms with Crippen LogP contribution in [0.2, 0.25) is 0 Å². The molecular formula is C10H13BrOS2. The maximum atomic E-state index is 8.87. The molecule has 4 heteroatoms. The predicted octanol–water partition coefficient (Wildman–Crippen LogP) is 3.43. The monoisotopic (exact) mass is 292 g/mol. The van der Waals surface area contributed by atoms with Crippen molar-refractivity contribution in [2.24, 2.45) is 0 Å². The van der Waals surface area contributed by atoms with Crippen LogP contribution in [0.3, 0.4) is 0 Å². The Morgan fingerprint density at radius 2 is 2.00 bits per heavy atom. The van der Waals surface area contributed by atoms with Crippen LogP contribution in [0.25, 0.3) is 0 Å². The van der Waals surface area contributed by atoms with Gasteiger partial charge in [-0.1, -0.05) is 0 Å². The molecule has 0 amide bonds. The van der Waals surface area contributed by atoms with Gasteiger partial charge in [-0.05, 0) is 52.6 Å². The fourth-order valence-corrected chi connectivity index (χ4v) is 3.95. The molecule has 0 saturated heterocycles. The van der Waals surface area contributed by atoms with Gasteiger partial charge in [0.15, 0.2) is 0 Å². The van der Waals surface area contributed by atoms with Crippen LogP contribution in [0, 0.1) is 0 Å². The van der Waals surface area contributed by atoms with E-state index in [-0.39, 0.29) is 6.61 Å². The molecule has 1 aromatic carbocycles. The van der Waals surface area contributed by atoms with Gasteiger partial charge in [-0.25, -0.2) is 0 Å². The maximum absolute atomic E-state index is 8.87. The average Bonchev–Trinajstić information content (AvgIpc) is 2.17. The number of aliphatic hydroxyl groups is 1. The molecule has 0 bridgehead atoms. The van der Waals surface area contributed by atoms with E-state index in [1.165, 1.54) is 15.4 Å². The summed E-state index contributed by atoms with van der Waals surface area (Å²) in [5, 5.41) is 8.87. The van der Waals surface area contributed by atoms with Crippen molar-refractivity contribution < 1.29 is 5.11 Å². The van der Waals surface area contributed by atoms with Crippen molar-refractivity contribution in [2.75, 3.05) is 19.1 Å². The zero-order valence-corrected chi connectivity index (χ0v) is 11.4. The number of benzene rings is 1. The van der Waals surface area contributed by atoms with Gasteiger partial charge < -0.3 is 5.11 Å². The Balaban J connectivity index is 3.10. The van der Waals surface area contributed by atoms with Crippen molar-refractivity contribution in [3.63, 3.8) is 0 Å². The third kappa shape index (κ3) is 2.92. The van der Waals surface area contributed by atoms with Crippen molar-refractivity contribution >= 4 is 39.5 Å². The van der Waals surface area contributed by atoms with E-state index in [2.05, 4.69) is 40.6 Å². The summed E-state index contributed by atoms with van der Waals surface area (Å²) in [6.45, 7) is 0.207. The molecule has 0 aliphatic carbocycles. The molecule has 0 unspecified atom stereocenters. The summed E-state index contributed by atoms with van der Waals surface area (Å²) in [7, 11) is 0. The lowest BCUT2D eigenvalue weighted by Gasteiger charge is -2.09. The van der Waals surface area contributed by atoms with Gasteiger partial charge in [0.25, 0.3) is 0 Å². The normalized spacial score (nSPS) is 10.6. The quantitative estimate of drug-likeness (QED) is 0.859. The molecule has 0 aliphatic rings. The van der Waals surface area contributed by atoms with Gasteiger partial charge in [0.2, 0.25) is 0 Å². The Morgan fingerprint density at radius 1 is 1.29 bits per heavy atom. The van der Waals surface area contributed by atoms with Crippen LogP contribution < -0.4 is 0 Å². The van der Waals surface area contributed by atoms with Gasteiger partial charge in [0.05, 0.1) is 0 Å². The molecule has 0 aromatic heterocycles. The molecule has 14 heavy (non-hydrogen) atoms. The number of thioether (sulfide) groups is 2. The van der Waals surface area contributed by atoms with Gasteiger partial charge in [0.1, 0.15) is 0 Å². The van der Waals surface area contributed by atoms with Crippen molar-refractivity contribution in [3.8, 4) is 0 Å². The average molecular weight is 293 g/mol. The minimum absolute atomic E-state index is 0.207. The Hall–Kier alpha value is 0.360. The number of hydrogen-bond acceptors (Lipinski definition) is 3. The van der Waals surface area contributed by atoms with Crippen molar-refractivity contribution in [1.82, 2.24) is 0 Å². The minimum Gasteiger partial charge on any atom is -0.396 e. The zero-order valence-electron chi connectivity index (χ0n) is 8.21. The maximum Gasteiger partial charge on any atom is 0.0471 e. The molecule has 0 spiro atoms. The lowest BCUT2D eigenvalue weighted by Crippen LogP contribution is -1.92. The van der Waals surface area contributed by atoms with E-state index in [1.54, 1.807) is 23.5 Å². The van der Waals surface area contributed by atoms with Crippen LogP contribution in [0.1, 0.15) is 5.56 Å². The van der Waals surface area contributed by atoms with Crippen molar-refractivity contribution in [3.05, 3.63) is 22.2 Å². The molecule has 0 atom stereocenters. The standard InChI is InChI=1S/C10H13BrOS2/c1-13-9-6-7(3-4-12)5-8(11)10(9)14-2/h5-6,12H,3-4H2,1-2H3. The molecule has 1 aromatic rings. The number of aliphatic hydroxyl groups excluding tert-OH is 1. The Kier molecular flexibility index (Phi) is 5.38. The summed E-state index contributed by atoms with van der Waals surface area (Å²) in [5.41, 5.74) is 1.18. The smallest absolute Gasteiger partial charge is 0.0471 e. The first-order valence-electron chi connectivity index (χ1n) is 4.24. The van der Waals surface area contributed by atoms with E-state index < -0.39 is 0 Å². The highest BCUT2D eigenvalue weighted by molar-refractivity contribution is 9.10. The Bertz CT molecular complexity index is 315. The van der Waals surface area contributed by atoms with Crippen molar-refractivity contribution in [1.29, 1.82) is 0 Å². The lowest BCUT2D eigenvalue weighted by molar-refractivity contribution is 0.299. The summed E-state index contributed by atoms with van der Waals surface area (Å²) in [6.07, 6.45) is 4.87. The number of rotatable bonds is 4. The second kappa shape index (κ2) is 6.05. The van der Waals surface area contributed by atoms with Gasteiger partial charge in [-0.15, -0.1) is 23.5 Å². The summed E-state index contributed by atoms with van der Waals surface area (Å²) in [4.78, 5) is 2.55. The molecule has 1 nitrogen and oxygen atoms in total. The molecule has 0 fully saturated rings. The highest BCUT2D eigenvalue weighted by Crippen LogP contribution is 2.35. The first-order chi connectivity index (χ1) is 6.72. The SMILES string of the molecule is CSc1cc(CCO)cc(Br)c1SC. The Labute approximate surface area is 102 Å². The van der Waals surface area contributed by atoms with Crippen LogP contribution >= 0.6 is 39.5 Å². The molecule has 1 N–H and O–H groups in total. The van der Waals surface area contributed by atoms with Gasteiger partial charge >= 0.3 is 0 Å². The molecule has 1 rings (SSSR count). The third-order valence-electron chi connectivity index (χ3n) is 1.89. The highest BCUT2D eigenvalue weighted by atomic mass is 79.9. The first-order valence-corrected chi connectivity index (χ1v) is 7.48. The topological polar surface area (TPSA) is 20.2 Å². The van der Waals surface area contributed by atoms with Crippen LogP contribution in [-0.2, 0) is 6.42 Å². The number of hydrogen-bond donors (Lipinski definition) is 1. The summed E-state index contributed by atoms with van der Waals surface area (Å²) in [5.74, 6) is 0. The fraction of sp³-hybridized carbons (Fsp3) is 0.400. The fourth-order valence-electron chi connectivity index (χ4n) is 1.24. The minimum atomic E-state index is 0.207. The van der Waals surface area contributed by atoms with Crippen molar-refractivity contribution in [2.45, 2.75) is 16.2 Å². The third-order valence-corrected chi connectivity index (χ3v) is 4.52.